The molecule has 3 atom stereocenters. The second-order valence-electron chi connectivity index (χ2n) is 10.1. The Bertz CT molecular complexity index is 1180. The van der Waals surface area contributed by atoms with Crippen molar-refractivity contribution in [3.8, 4) is 6.07 Å². The van der Waals surface area contributed by atoms with Crippen molar-refractivity contribution in [2.24, 2.45) is 11.8 Å². The fraction of sp³-hybridized carbons (Fsp3) is 0.583. The number of aromatic nitrogens is 3. The summed E-state index contributed by atoms with van der Waals surface area (Å²) in [6.07, 6.45) is 8.86. The van der Waals surface area contributed by atoms with E-state index in [9.17, 15) is 14.6 Å². The predicted molar refractivity (Wildman–Crippen MR) is 129 cm³/mol. The molecular weight excluding hydrogens is 472 g/mol. The summed E-state index contributed by atoms with van der Waals surface area (Å²) in [6.45, 7) is 1.55. The highest BCUT2D eigenvalue weighted by Gasteiger charge is 2.46. The number of hydrogen-bond acceptors (Lipinski definition) is 8. The van der Waals surface area contributed by atoms with Gasteiger partial charge in [-0.25, -0.2) is 15.0 Å². The van der Waals surface area contributed by atoms with E-state index in [1.54, 1.807) is 12.4 Å². The topological polar surface area (TPSA) is 115 Å². The summed E-state index contributed by atoms with van der Waals surface area (Å²) >= 11 is 6.00. The van der Waals surface area contributed by atoms with E-state index in [2.05, 4.69) is 26.3 Å². The lowest BCUT2D eigenvalue weighted by molar-refractivity contribution is 0.144. The highest BCUT2D eigenvalue weighted by Crippen LogP contribution is 2.49. The third-order valence-corrected chi connectivity index (χ3v) is 9.81. The van der Waals surface area contributed by atoms with Gasteiger partial charge in [0.15, 0.2) is 0 Å². The molecular formula is C24H27ClN6O2S. The number of piperidine rings is 1. The third kappa shape index (κ3) is 3.50. The van der Waals surface area contributed by atoms with Crippen molar-refractivity contribution in [2.45, 2.75) is 54.9 Å². The lowest BCUT2D eigenvalue weighted by Gasteiger charge is -2.43. The van der Waals surface area contributed by atoms with E-state index in [1.807, 2.05) is 0 Å². The van der Waals surface area contributed by atoms with Gasteiger partial charge in [0.2, 0.25) is 0 Å². The Morgan fingerprint density at radius 2 is 1.97 bits per heavy atom. The number of aliphatic hydroxyl groups excluding tert-OH is 1. The lowest BCUT2D eigenvalue weighted by Crippen LogP contribution is -2.49. The van der Waals surface area contributed by atoms with E-state index in [0.29, 0.717) is 51.0 Å². The second-order valence-corrected chi connectivity index (χ2v) is 12.0. The highest BCUT2D eigenvalue weighted by atomic mass is 35.5. The zero-order valence-corrected chi connectivity index (χ0v) is 20.4. The van der Waals surface area contributed by atoms with Crippen molar-refractivity contribution in [3.63, 3.8) is 0 Å². The van der Waals surface area contributed by atoms with Crippen LogP contribution in [0.1, 0.15) is 55.1 Å². The van der Waals surface area contributed by atoms with Gasteiger partial charge in [0.05, 0.1) is 44.2 Å². The monoisotopic (exact) mass is 498 g/mol. The molecule has 10 heteroatoms. The second kappa shape index (κ2) is 8.43. The minimum Gasteiger partial charge on any atom is -0.394 e. The summed E-state index contributed by atoms with van der Waals surface area (Å²) in [4.78, 5) is 16.9. The Balaban J connectivity index is 1.37. The number of aliphatic hydroxyl groups is 1. The van der Waals surface area contributed by atoms with Crippen molar-refractivity contribution in [2.75, 3.05) is 35.7 Å². The molecule has 4 heterocycles. The maximum atomic E-state index is 12.9. The minimum atomic E-state index is -1.19. The van der Waals surface area contributed by atoms with Gasteiger partial charge >= 0.3 is 0 Å². The van der Waals surface area contributed by atoms with Gasteiger partial charge in [-0.15, -0.1) is 0 Å². The molecule has 4 aliphatic rings. The summed E-state index contributed by atoms with van der Waals surface area (Å²) < 4.78 is 12.9. The molecule has 2 aliphatic carbocycles. The molecule has 2 saturated carbocycles. The van der Waals surface area contributed by atoms with Crippen LogP contribution >= 0.6 is 11.6 Å². The van der Waals surface area contributed by atoms with Crippen LogP contribution in [0.5, 0.6) is 0 Å². The summed E-state index contributed by atoms with van der Waals surface area (Å²) in [7, 11) is -1.19. The highest BCUT2D eigenvalue weighted by molar-refractivity contribution is 7.85. The number of fused-ring (bicyclic) bond motifs is 3. The molecule has 2 N–H and O–H groups in total. The maximum absolute atomic E-state index is 12.9. The molecule has 34 heavy (non-hydrogen) atoms. The molecule has 8 nitrogen and oxygen atoms in total. The molecule has 2 bridgehead atoms. The molecule has 3 unspecified atom stereocenters. The van der Waals surface area contributed by atoms with Crippen LogP contribution in [0.4, 0.5) is 11.5 Å². The number of rotatable bonds is 5. The molecule has 0 aromatic carbocycles. The Morgan fingerprint density at radius 3 is 2.56 bits per heavy atom. The number of anilines is 2. The molecule has 2 aromatic heterocycles. The fourth-order valence-electron chi connectivity index (χ4n) is 6.27. The summed E-state index contributed by atoms with van der Waals surface area (Å²) in [6, 6.07) is 2.38. The molecule has 178 valence electrons. The number of hydrogen-bond donors (Lipinski definition) is 2. The molecule has 0 spiro atoms. The van der Waals surface area contributed by atoms with Crippen LogP contribution < -0.4 is 10.2 Å². The Morgan fingerprint density at radius 1 is 1.26 bits per heavy atom. The average Bonchev–Trinajstić information content (AvgIpc) is 3.32. The van der Waals surface area contributed by atoms with Gasteiger partial charge in [0, 0.05) is 43.6 Å². The Labute approximate surface area is 206 Å². The van der Waals surface area contributed by atoms with Crippen LogP contribution in [0.3, 0.4) is 0 Å². The van der Waals surface area contributed by atoms with Crippen LogP contribution in [0, 0.1) is 23.2 Å². The van der Waals surface area contributed by atoms with Gasteiger partial charge < -0.3 is 15.3 Å². The number of nitrogens with one attached hydrogen (secondary N) is 1. The number of nitriles is 1. The zero-order chi connectivity index (χ0) is 23.4. The largest absolute Gasteiger partial charge is 0.394 e. The van der Waals surface area contributed by atoms with Crippen LogP contribution in [0.2, 0.25) is 5.02 Å². The lowest BCUT2D eigenvalue weighted by atomic mass is 9.77. The first-order valence-corrected chi connectivity index (χ1v) is 13.7. The van der Waals surface area contributed by atoms with Gasteiger partial charge in [-0.3, -0.25) is 4.21 Å². The molecule has 0 radical (unpaired) electrons. The number of aryl methyl sites for hydroxylation is 1. The first-order valence-electron chi connectivity index (χ1n) is 12.0. The molecule has 2 aliphatic heterocycles. The van der Waals surface area contributed by atoms with Crippen molar-refractivity contribution >= 4 is 33.9 Å². The Kier molecular flexibility index (Phi) is 5.51. The van der Waals surface area contributed by atoms with E-state index in [-0.39, 0.29) is 12.5 Å². The predicted octanol–water partition coefficient (Wildman–Crippen LogP) is 3.02. The molecule has 1 saturated heterocycles. The van der Waals surface area contributed by atoms with Gasteiger partial charge in [0.25, 0.3) is 0 Å². The third-order valence-electron chi connectivity index (χ3n) is 8.14. The van der Waals surface area contributed by atoms with Crippen molar-refractivity contribution in [1.29, 1.82) is 5.26 Å². The standard InChI is InChI=1S/C24H27ClN6O2S/c25-16-9-27-22(28-10-16)19-14-2-3-15(19)12-31(11-14)23-17(8-26)20(30-24(13-32)5-1-6-24)21-18(29-23)4-7-34(21)33/h9-10,14-15,19,32H,1-7,11-13H2,(H,29,30). The summed E-state index contributed by atoms with van der Waals surface area (Å²) in [5.74, 6) is 3.10. The van der Waals surface area contributed by atoms with Gasteiger partial charge in [-0.05, 0) is 43.9 Å². The van der Waals surface area contributed by atoms with Gasteiger partial charge in [-0.2, -0.15) is 5.26 Å². The Hall–Kier alpha value is -2.28. The van der Waals surface area contributed by atoms with Crippen LogP contribution in [-0.2, 0) is 17.2 Å². The minimum absolute atomic E-state index is 0.00638. The molecule has 0 amide bonds. The number of halogens is 1. The maximum Gasteiger partial charge on any atom is 0.149 e. The first kappa shape index (κ1) is 22.2. The van der Waals surface area contributed by atoms with Crippen LogP contribution in [0.25, 0.3) is 0 Å². The number of nitrogens with zero attached hydrogens (tertiary/aromatic N) is 5. The van der Waals surface area contributed by atoms with Crippen LogP contribution in [0.15, 0.2) is 17.3 Å². The first-order chi connectivity index (χ1) is 16.5. The normalized spacial score (nSPS) is 28.8. The van der Waals surface area contributed by atoms with E-state index < -0.39 is 16.3 Å². The van der Waals surface area contributed by atoms with E-state index in [4.69, 9.17) is 16.6 Å². The molecule has 6 rings (SSSR count). The van der Waals surface area contributed by atoms with Gasteiger partial charge in [-0.1, -0.05) is 11.6 Å². The van der Waals surface area contributed by atoms with E-state index >= 15 is 0 Å². The van der Waals surface area contributed by atoms with E-state index in [1.165, 1.54) is 0 Å². The smallest absolute Gasteiger partial charge is 0.149 e. The summed E-state index contributed by atoms with van der Waals surface area (Å²) in [5, 5.41) is 24.3. The van der Waals surface area contributed by atoms with Crippen molar-refractivity contribution < 1.29 is 9.32 Å². The van der Waals surface area contributed by atoms with Gasteiger partial charge in [0.1, 0.15) is 23.3 Å². The summed E-state index contributed by atoms with van der Waals surface area (Å²) in [5.41, 5.74) is 1.46. The van der Waals surface area contributed by atoms with Crippen molar-refractivity contribution in [3.05, 3.63) is 34.5 Å². The molecule has 2 aromatic rings. The van der Waals surface area contributed by atoms with Crippen molar-refractivity contribution in [1.82, 2.24) is 15.0 Å². The SMILES string of the molecule is N#Cc1c(N2CC3CCC(C2)C3c2ncc(Cl)cn2)nc2c(c1NC1(CO)CCC1)S(=O)CC2. The van der Waals surface area contributed by atoms with Crippen LogP contribution in [-0.4, -0.2) is 55.3 Å². The fourth-order valence-corrected chi connectivity index (χ4v) is 7.74. The average molecular weight is 499 g/mol. The quantitative estimate of drug-likeness (QED) is 0.646. The molecule has 3 fully saturated rings. The van der Waals surface area contributed by atoms with E-state index in [0.717, 1.165) is 56.7 Å². The number of pyridine rings is 1. The zero-order valence-electron chi connectivity index (χ0n) is 18.8.